The summed E-state index contributed by atoms with van der Waals surface area (Å²) in [6.45, 7) is 9.42. The van der Waals surface area contributed by atoms with E-state index in [9.17, 15) is 14.9 Å². The van der Waals surface area contributed by atoms with E-state index in [1.165, 1.54) is 12.1 Å². The fourth-order valence-corrected chi connectivity index (χ4v) is 2.55. The van der Waals surface area contributed by atoms with E-state index in [-0.39, 0.29) is 16.7 Å². The van der Waals surface area contributed by atoms with Crippen molar-refractivity contribution in [3.8, 4) is 0 Å². The first-order valence-electron chi connectivity index (χ1n) is 8.18. The zero-order valence-corrected chi connectivity index (χ0v) is 14.5. The van der Waals surface area contributed by atoms with Crippen molar-refractivity contribution in [3.05, 3.63) is 39.9 Å². The maximum Gasteiger partial charge on any atom is 0.410 e. The molecule has 1 fully saturated rings. The van der Waals surface area contributed by atoms with Crippen molar-refractivity contribution in [2.45, 2.75) is 32.8 Å². The zero-order valence-electron chi connectivity index (χ0n) is 14.5. The van der Waals surface area contributed by atoms with Crippen LogP contribution >= 0.6 is 0 Å². The van der Waals surface area contributed by atoms with Gasteiger partial charge in [0.1, 0.15) is 5.60 Å². The predicted molar refractivity (Wildman–Crippen MR) is 91.0 cm³/mol. The quantitative estimate of drug-likeness (QED) is 0.624. The third-order valence-electron chi connectivity index (χ3n) is 3.89. The summed E-state index contributed by atoms with van der Waals surface area (Å²) < 4.78 is 5.39. The summed E-state index contributed by atoms with van der Waals surface area (Å²) in [6, 6.07) is 6.68. The van der Waals surface area contributed by atoms with Crippen molar-refractivity contribution in [1.29, 1.82) is 0 Å². The summed E-state index contributed by atoms with van der Waals surface area (Å²) in [6.07, 6.45) is 0.585. The minimum Gasteiger partial charge on any atom is -0.444 e. The largest absolute Gasteiger partial charge is 0.444 e. The first kappa shape index (κ1) is 18.2. The normalized spacial score (nSPS) is 16.0. The number of hydrogen-bond acceptors (Lipinski definition) is 5. The molecule has 0 aliphatic carbocycles. The van der Waals surface area contributed by atoms with Crippen molar-refractivity contribution in [1.82, 2.24) is 9.80 Å². The molecule has 0 spiro atoms. The average molecular weight is 335 g/mol. The molecule has 132 valence electrons. The van der Waals surface area contributed by atoms with Gasteiger partial charge in [-0.15, -0.1) is 0 Å². The number of nitro groups is 1. The SMILES string of the molecule is CC(C)(C)OC(=O)N1CCN(CCc2ccc([N+](=O)[O-])cc2)CC1. The van der Waals surface area contributed by atoms with Gasteiger partial charge < -0.3 is 9.64 Å². The molecule has 0 saturated carbocycles. The fourth-order valence-electron chi connectivity index (χ4n) is 2.55. The lowest BCUT2D eigenvalue weighted by atomic mass is 10.1. The van der Waals surface area contributed by atoms with E-state index in [2.05, 4.69) is 4.90 Å². The maximum absolute atomic E-state index is 12.0. The van der Waals surface area contributed by atoms with Gasteiger partial charge >= 0.3 is 6.09 Å². The van der Waals surface area contributed by atoms with Crippen LogP contribution in [0.2, 0.25) is 0 Å². The predicted octanol–water partition coefficient (Wildman–Crippen LogP) is 2.69. The number of benzene rings is 1. The Kier molecular flexibility index (Phi) is 5.77. The highest BCUT2D eigenvalue weighted by Gasteiger charge is 2.25. The van der Waals surface area contributed by atoms with Crippen LogP contribution in [0.5, 0.6) is 0 Å². The fraction of sp³-hybridized carbons (Fsp3) is 0.588. The molecule has 0 aromatic heterocycles. The molecule has 1 aromatic carbocycles. The van der Waals surface area contributed by atoms with E-state index < -0.39 is 5.60 Å². The smallest absolute Gasteiger partial charge is 0.410 e. The van der Waals surface area contributed by atoms with Crippen LogP contribution in [-0.2, 0) is 11.2 Å². The van der Waals surface area contributed by atoms with E-state index in [0.717, 1.165) is 31.6 Å². The Hall–Kier alpha value is -2.15. The summed E-state index contributed by atoms with van der Waals surface area (Å²) in [5.74, 6) is 0. The third kappa shape index (κ3) is 5.49. The molecule has 0 radical (unpaired) electrons. The van der Waals surface area contributed by atoms with Gasteiger partial charge in [0.05, 0.1) is 4.92 Å². The molecule has 0 bridgehead atoms. The molecule has 7 heteroatoms. The molecule has 1 aromatic rings. The van der Waals surface area contributed by atoms with Gasteiger partial charge in [0.25, 0.3) is 5.69 Å². The number of rotatable bonds is 4. The summed E-state index contributed by atoms with van der Waals surface area (Å²) in [5.41, 5.74) is 0.726. The second-order valence-electron chi connectivity index (χ2n) is 6.98. The second-order valence-corrected chi connectivity index (χ2v) is 6.98. The number of piperazine rings is 1. The molecule has 1 saturated heterocycles. The van der Waals surface area contributed by atoms with Crippen molar-refractivity contribution >= 4 is 11.8 Å². The van der Waals surface area contributed by atoms with Crippen LogP contribution in [0.3, 0.4) is 0 Å². The molecular weight excluding hydrogens is 310 g/mol. The highest BCUT2D eigenvalue weighted by Crippen LogP contribution is 2.14. The van der Waals surface area contributed by atoms with Crippen molar-refractivity contribution in [2.24, 2.45) is 0 Å². The molecule has 0 unspecified atom stereocenters. The summed E-state index contributed by atoms with van der Waals surface area (Å²) in [4.78, 5) is 26.3. The Balaban J connectivity index is 1.75. The summed E-state index contributed by atoms with van der Waals surface area (Å²) in [7, 11) is 0. The lowest BCUT2D eigenvalue weighted by Crippen LogP contribution is -2.50. The molecule has 0 N–H and O–H groups in total. The third-order valence-corrected chi connectivity index (χ3v) is 3.89. The van der Waals surface area contributed by atoms with Gasteiger partial charge in [-0.3, -0.25) is 15.0 Å². The number of amides is 1. The van der Waals surface area contributed by atoms with E-state index in [4.69, 9.17) is 4.74 Å². The van der Waals surface area contributed by atoms with Gasteiger partial charge in [-0.2, -0.15) is 0 Å². The number of hydrogen-bond donors (Lipinski definition) is 0. The van der Waals surface area contributed by atoms with Gasteiger partial charge in [0, 0.05) is 44.9 Å². The number of carbonyl (C=O) groups excluding carboxylic acids is 1. The number of ether oxygens (including phenoxy) is 1. The monoisotopic (exact) mass is 335 g/mol. The van der Waals surface area contributed by atoms with Crippen molar-refractivity contribution < 1.29 is 14.5 Å². The van der Waals surface area contributed by atoms with E-state index in [1.807, 2.05) is 20.8 Å². The molecular formula is C17H25N3O4. The Morgan fingerprint density at radius 3 is 2.25 bits per heavy atom. The Morgan fingerprint density at radius 1 is 1.17 bits per heavy atom. The molecule has 1 aliphatic rings. The average Bonchev–Trinajstić information content (AvgIpc) is 2.52. The lowest BCUT2D eigenvalue weighted by Gasteiger charge is -2.35. The first-order chi connectivity index (χ1) is 11.2. The van der Waals surface area contributed by atoms with Crippen LogP contribution in [-0.4, -0.2) is 59.1 Å². The molecule has 1 amide bonds. The minimum atomic E-state index is -0.468. The van der Waals surface area contributed by atoms with Gasteiger partial charge in [-0.05, 0) is 32.8 Å². The highest BCUT2D eigenvalue weighted by molar-refractivity contribution is 5.68. The van der Waals surface area contributed by atoms with Crippen LogP contribution in [0.25, 0.3) is 0 Å². The molecule has 1 heterocycles. The molecule has 7 nitrogen and oxygen atoms in total. The van der Waals surface area contributed by atoms with Gasteiger partial charge in [-0.25, -0.2) is 4.79 Å². The molecule has 0 atom stereocenters. The Bertz CT molecular complexity index is 572. The molecule has 24 heavy (non-hydrogen) atoms. The molecule has 1 aliphatic heterocycles. The lowest BCUT2D eigenvalue weighted by molar-refractivity contribution is -0.384. The van der Waals surface area contributed by atoms with Crippen LogP contribution in [0.15, 0.2) is 24.3 Å². The van der Waals surface area contributed by atoms with Crippen LogP contribution in [0.4, 0.5) is 10.5 Å². The van der Waals surface area contributed by atoms with E-state index >= 15 is 0 Å². The van der Waals surface area contributed by atoms with Gasteiger partial charge in [-0.1, -0.05) is 12.1 Å². The van der Waals surface area contributed by atoms with Gasteiger partial charge in [0.2, 0.25) is 0 Å². The standard InChI is InChI=1S/C17H25N3O4/c1-17(2,3)24-16(21)19-12-10-18(11-13-19)9-8-14-4-6-15(7-5-14)20(22)23/h4-7H,8-13H2,1-3H3. The van der Waals surface area contributed by atoms with Crippen molar-refractivity contribution in [3.63, 3.8) is 0 Å². The first-order valence-corrected chi connectivity index (χ1v) is 8.18. The van der Waals surface area contributed by atoms with Crippen LogP contribution in [0, 0.1) is 10.1 Å². The van der Waals surface area contributed by atoms with Crippen LogP contribution in [0.1, 0.15) is 26.3 Å². The Labute approximate surface area is 142 Å². The van der Waals surface area contributed by atoms with E-state index in [1.54, 1.807) is 17.0 Å². The summed E-state index contributed by atoms with van der Waals surface area (Å²) >= 11 is 0. The van der Waals surface area contributed by atoms with Crippen molar-refractivity contribution in [2.75, 3.05) is 32.7 Å². The number of nitrogens with zero attached hydrogens (tertiary/aromatic N) is 3. The van der Waals surface area contributed by atoms with Gasteiger partial charge in [0.15, 0.2) is 0 Å². The highest BCUT2D eigenvalue weighted by atomic mass is 16.6. The number of carbonyl (C=O) groups is 1. The van der Waals surface area contributed by atoms with Crippen LogP contribution < -0.4 is 0 Å². The Morgan fingerprint density at radius 2 is 1.75 bits per heavy atom. The number of non-ortho nitro benzene ring substituents is 1. The number of nitro benzene ring substituents is 1. The minimum absolute atomic E-state index is 0.115. The van der Waals surface area contributed by atoms with E-state index in [0.29, 0.717) is 13.1 Å². The second kappa shape index (κ2) is 7.61. The summed E-state index contributed by atoms with van der Waals surface area (Å²) in [5, 5.41) is 10.6. The zero-order chi connectivity index (χ0) is 17.7. The molecule has 2 rings (SSSR count). The topological polar surface area (TPSA) is 75.9 Å². The maximum atomic E-state index is 12.0.